The van der Waals surface area contributed by atoms with Crippen LogP contribution in [0.5, 0.6) is 5.75 Å². The fraction of sp³-hybridized carbons (Fsp3) is 0.500. The summed E-state index contributed by atoms with van der Waals surface area (Å²) < 4.78 is 28.6. The van der Waals surface area contributed by atoms with Gasteiger partial charge >= 0.3 is 6.61 Å². The van der Waals surface area contributed by atoms with E-state index in [4.69, 9.17) is 0 Å². The summed E-state index contributed by atoms with van der Waals surface area (Å²) in [6.45, 7) is 5.64. The van der Waals surface area contributed by atoms with Gasteiger partial charge in [-0.2, -0.15) is 8.78 Å². The highest BCUT2D eigenvalue weighted by Crippen LogP contribution is 2.16. The Hall–Kier alpha value is -2.48. The first-order valence-corrected chi connectivity index (χ1v) is 9.17. The molecule has 6 nitrogen and oxygen atoms in total. The third-order valence-corrected chi connectivity index (χ3v) is 4.09. The number of hydrogen-bond acceptors (Lipinski definition) is 4. The number of alkyl halides is 2. The molecule has 1 aliphatic heterocycles. The lowest BCUT2D eigenvalue weighted by atomic mass is 10.1. The number of hydrogen-bond donors (Lipinski definition) is 1. The maximum atomic E-state index is 12.3. The number of amides is 2. The Bertz CT molecular complexity index is 692. The molecule has 0 unspecified atom stereocenters. The second-order valence-corrected chi connectivity index (χ2v) is 7.68. The van der Waals surface area contributed by atoms with Crippen LogP contribution in [0, 0.1) is 0 Å². The van der Waals surface area contributed by atoms with Crippen molar-refractivity contribution in [1.29, 1.82) is 0 Å². The Morgan fingerprint density at radius 1 is 1.14 bits per heavy atom. The molecule has 0 saturated carbocycles. The van der Waals surface area contributed by atoms with E-state index in [1.165, 1.54) is 18.2 Å². The van der Waals surface area contributed by atoms with Gasteiger partial charge in [0.2, 0.25) is 11.8 Å². The lowest BCUT2D eigenvalue weighted by molar-refractivity contribution is -0.128. The first-order valence-electron chi connectivity index (χ1n) is 9.17. The third kappa shape index (κ3) is 7.64. The van der Waals surface area contributed by atoms with E-state index in [1.54, 1.807) is 23.1 Å². The largest absolute Gasteiger partial charge is 0.435 e. The van der Waals surface area contributed by atoms with Crippen LogP contribution in [-0.2, 0) is 9.59 Å². The summed E-state index contributed by atoms with van der Waals surface area (Å²) in [5.74, 6) is -0.0664. The van der Waals surface area contributed by atoms with Crippen molar-refractivity contribution in [2.75, 3.05) is 32.7 Å². The number of piperazine rings is 1. The maximum absolute atomic E-state index is 12.3. The molecule has 0 bridgehead atoms. The van der Waals surface area contributed by atoms with E-state index in [9.17, 15) is 18.4 Å². The molecule has 1 aromatic rings. The minimum atomic E-state index is -2.86. The summed E-state index contributed by atoms with van der Waals surface area (Å²) in [6, 6.07) is 6.07. The van der Waals surface area contributed by atoms with Crippen molar-refractivity contribution in [2.45, 2.75) is 32.9 Å². The third-order valence-electron chi connectivity index (χ3n) is 4.09. The van der Waals surface area contributed by atoms with Gasteiger partial charge in [-0.05, 0) is 44.5 Å². The first kappa shape index (κ1) is 21.8. The van der Waals surface area contributed by atoms with Gasteiger partial charge in [0.25, 0.3) is 0 Å². The number of nitrogens with zero attached hydrogens (tertiary/aromatic N) is 2. The molecule has 0 atom stereocenters. The molecule has 1 fully saturated rings. The molecular weight excluding hydrogens is 368 g/mol. The molecule has 0 radical (unpaired) electrons. The fourth-order valence-corrected chi connectivity index (χ4v) is 2.82. The molecule has 154 valence electrons. The van der Waals surface area contributed by atoms with Crippen LogP contribution in [0.2, 0.25) is 0 Å². The van der Waals surface area contributed by atoms with Crippen LogP contribution in [0.4, 0.5) is 8.78 Å². The zero-order chi connectivity index (χ0) is 20.7. The molecule has 0 aliphatic carbocycles. The molecule has 1 aromatic carbocycles. The number of carbonyl (C=O) groups is 2. The number of halogens is 2. The molecule has 1 saturated heterocycles. The Morgan fingerprint density at radius 2 is 1.75 bits per heavy atom. The molecule has 0 spiro atoms. The molecule has 2 amide bonds. The predicted octanol–water partition coefficient (Wildman–Crippen LogP) is 2.36. The normalized spacial score (nSPS) is 15.9. The van der Waals surface area contributed by atoms with Crippen LogP contribution in [0.15, 0.2) is 30.3 Å². The zero-order valence-electron chi connectivity index (χ0n) is 16.5. The summed E-state index contributed by atoms with van der Waals surface area (Å²) in [4.78, 5) is 28.1. The van der Waals surface area contributed by atoms with Gasteiger partial charge < -0.3 is 15.0 Å². The van der Waals surface area contributed by atoms with Crippen molar-refractivity contribution in [3.05, 3.63) is 35.9 Å². The van der Waals surface area contributed by atoms with E-state index in [0.717, 1.165) is 0 Å². The van der Waals surface area contributed by atoms with E-state index in [0.29, 0.717) is 38.3 Å². The van der Waals surface area contributed by atoms with Crippen LogP contribution in [0.25, 0.3) is 6.08 Å². The number of ether oxygens (including phenoxy) is 1. The quantitative estimate of drug-likeness (QED) is 0.752. The van der Waals surface area contributed by atoms with Gasteiger partial charge in [0.15, 0.2) is 0 Å². The molecular formula is C20H27F2N3O3. The van der Waals surface area contributed by atoms with Gasteiger partial charge in [-0.25, -0.2) is 0 Å². The summed E-state index contributed by atoms with van der Waals surface area (Å²) in [6.07, 6.45) is 3.10. The summed E-state index contributed by atoms with van der Waals surface area (Å²) in [5.41, 5.74) is 0.455. The van der Waals surface area contributed by atoms with Gasteiger partial charge in [0.05, 0.1) is 6.54 Å². The first-order chi connectivity index (χ1) is 13.1. The Balaban J connectivity index is 1.78. The van der Waals surface area contributed by atoms with Gasteiger partial charge in [0.1, 0.15) is 5.75 Å². The van der Waals surface area contributed by atoms with Gasteiger partial charge in [0, 0.05) is 37.8 Å². The SMILES string of the molecule is CC(C)(C)NC(=O)CN1CCN(C(=O)/C=C/c2ccc(OC(F)F)cc2)CC1. The smallest absolute Gasteiger partial charge is 0.387 e. The maximum Gasteiger partial charge on any atom is 0.387 e. The average molecular weight is 395 g/mol. The molecule has 28 heavy (non-hydrogen) atoms. The van der Waals surface area contributed by atoms with E-state index in [1.807, 2.05) is 25.7 Å². The molecule has 1 N–H and O–H groups in total. The Kier molecular flexibility index (Phi) is 7.51. The highest BCUT2D eigenvalue weighted by molar-refractivity contribution is 5.91. The minimum Gasteiger partial charge on any atom is -0.435 e. The average Bonchev–Trinajstić information content (AvgIpc) is 2.59. The van der Waals surface area contributed by atoms with Gasteiger partial charge in [-0.1, -0.05) is 12.1 Å². The van der Waals surface area contributed by atoms with Crippen molar-refractivity contribution < 1.29 is 23.1 Å². The molecule has 1 heterocycles. The molecule has 2 rings (SSSR count). The van der Waals surface area contributed by atoms with Gasteiger partial charge in [-0.3, -0.25) is 14.5 Å². The number of carbonyl (C=O) groups excluding carboxylic acids is 2. The Labute approximate surface area is 164 Å². The van der Waals surface area contributed by atoms with Crippen molar-refractivity contribution >= 4 is 17.9 Å². The fourth-order valence-electron chi connectivity index (χ4n) is 2.82. The number of rotatable bonds is 6. The standard InChI is InChI=1S/C20H27F2N3O3/c1-20(2,3)23-17(26)14-24-10-12-25(13-11-24)18(27)9-6-15-4-7-16(8-5-15)28-19(21)22/h4-9,19H,10-14H2,1-3H3,(H,23,26)/b9-6+. The van der Waals surface area contributed by atoms with E-state index < -0.39 is 6.61 Å². The van der Waals surface area contributed by atoms with Crippen LogP contribution in [0.1, 0.15) is 26.3 Å². The lowest BCUT2D eigenvalue weighted by Crippen LogP contribution is -2.52. The van der Waals surface area contributed by atoms with Crippen LogP contribution in [0.3, 0.4) is 0 Å². The molecule has 8 heteroatoms. The zero-order valence-corrected chi connectivity index (χ0v) is 16.5. The monoisotopic (exact) mass is 395 g/mol. The molecule has 1 aliphatic rings. The van der Waals surface area contributed by atoms with Crippen LogP contribution in [-0.4, -0.2) is 66.5 Å². The highest BCUT2D eigenvalue weighted by Gasteiger charge is 2.22. The van der Waals surface area contributed by atoms with Crippen LogP contribution < -0.4 is 10.1 Å². The van der Waals surface area contributed by atoms with Gasteiger partial charge in [-0.15, -0.1) is 0 Å². The summed E-state index contributed by atoms with van der Waals surface area (Å²) >= 11 is 0. The van der Waals surface area contributed by atoms with Crippen molar-refractivity contribution in [1.82, 2.24) is 15.1 Å². The number of benzene rings is 1. The predicted molar refractivity (Wildman–Crippen MR) is 103 cm³/mol. The summed E-state index contributed by atoms with van der Waals surface area (Å²) in [5, 5.41) is 2.93. The second-order valence-electron chi connectivity index (χ2n) is 7.68. The summed E-state index contributed by atoms with van der Waals surface area (Å²) in [7, 11) is 0. The van der Waals surface area contributed by atoms with E-state index in [2.05, 4.69) is 10.1 Å². The van der Waals surface area contributed by atoms with Crippen molar-refractivity contribution in [2.24, 2.45) is 0 Å². The minimum absolute atomic E-state index is 0.0218. The van der Waals surface area contributed by atoms with Crippen molar-refractivity contribution in [3.63, 3.8) is 0 Å². The Morgan fingerprint density at radius 3 is 2.29 bits per heavy atom. The highest BCUT2D eigenvalue weighted by atomic mass is 19.3. The van der Waals surface area contributed by atoms with Crippen LogP contribution >= 0.6 is 0 Å². The second kappa shape index (κ2) is 9.64. The molecule has 0 aromatic heterocycles. The topological polar surface area (TPSA) is 61.9 Å². The van der Waals surface area contributed by atoms with E-state index in [-0.39, 0.29) is 23.1 Å². The van der Waals surface area contributed by atoms with E-state index >= 15 is 0 Å². The lowest BCUT2D eigenvalue weighted by Gasteiger charge is -2.34. The van der Waals surface area contributed by atoms with Crippen molar-refractivity contribution in [3.8, 4) is 5.75 Å². The number of nitrogens with one attached hydrogen (secondary N) is 1.